The van der Waals surface area contributed by atoms with Gasteiger partial charge in [-0.05, 0) is 47.3 Å². The van der Waals surface area contributed by atoms with Crippen LogP contribution in [0, 0.1) is 0 Å². The molecule has 0 atom stereocenters. The molecule has 0 saturated carbocycles. The summed E-state index contributed by atoms with van der Waals surface area (Å²) in [6.07, 6.45) is 6.71. The first-order chi connectivity index (χ1) is 9.74. The lowest BCUT2D eigenvalue weighted by molar-refractivity contribution is 0.0598. The molecule has 0 aromatic carbocycles. The lowest BCUT2D eigenvalue weighted by Gasteiger charge is -2.18. The summed E-state index contributed by atoms with van der Waals surface area (Å²) in [6.45, 7) is 0.926. The zero-order valence-electron chi connectivity index (χ0n) is 11.2. The number of hydrogen-bond donors (Lipinski definition) is 0. The van der Waals surface area contributed by atoms with Crippen LogP contribution < -0.4 is 0 Å². The fraction of sp³-hybridized carbons (Fsp3) is 0.333. The number of aromatic nitrogens is 2. The van der Waals surface area contributed by atoms with E-state index >= 15 is 0 Å². The van der Waals surface area contributed by atoms with Crippen LogP contribution in [0.5, 0.6) is 0 Å². The monoisotopic (exact) mass is 334 g/mol. The molecule has 4 nitrogen and oxygen atoms in total. The van der Waals surface area contributed by atoms with Crippen LogP contribution in [0.2, 0.25) is 0 Å². The molecule has 0 bridgehead atoms. The van der Waals surface area contributed by atoms with Crippen LogP contribution in [0.25, 0.3) is 11.3 Å². The number of carbonyl (C=O) groups is 1. The molecule has 104 valence electrons. The van der Waals surface area contributed by atoms with Crippen molar-refractivity contribution in [3.8, 4) is 11.3 Å². The van der Waals surface area contributed by atoms with Gasteiger partial charge in [0.15, 0.2) is 0 Å². The highest BCUT2D eigenvalue weighted by atomic mass is 79.9. The molecule has 0 aliphatic carbocycles. The number of carbonyl (C=O) groups excluding carboxylic acids is 1. The molecule has 1 aliphatic heterocycles. The van der Waals surface area contributed by atoms with Crippen molar-refractivity contribution in [1.82, 2.24) is 9.55 Å². The second-order valence-corrected chi connectivity index (χ2v) is 5.62. The van der Waals surface area contributed by atoms with E-state index in [0.29, 0.717) is 5.56 Å². The normalized spacial score (nSPS) is 13.9. The standard InChI is InChI=1S/C15H15BrN2O2/c1-20-15(19)12-11-6-2-3-8-18(11)14(13(12)16)10-5-4-7-17-9-10/h4-5,7,9H,2-3,6,8H2,1H3. The predicted molar refractivity (Wildman–Crippen MR) is 79.6 cm³/mol. The van der Waals surface area contributed by atoms with E-state index in [4.69, 9.17) is 4.74 Å². The zero-order valence-corrected chi connectivity index (χ0v) is 12.8. The van der Waals surface area contributed by atoms with Crippen LogP contribution in [0.4, 0.5) is 0 Å². The highest BCUT2D eigenvalue weighted by molar-refractivity contribution is 9.10. The molecule has 0 unspecified atom stereocenters. The van der Waals surface area contributed by atoms with Crippen molar-refractivity contribution in [3.63, 3.8) is 0 Å². The van der Waals surface area contributed by atoms with Gasteiger partial charge in [-0.2, -0.15) is 0 Å². The number of fused-ring (bicyclic) bond motifs is 1. The molecular weight excluding hydrogens is 320 g/mol. The molecule has 0 spiro atoms. The van der Waals surface area contributed by atoms with Crippen LogP contribution in [-0.4, -0.2) is 22.6 Å². The summed E-state index contributed by atoms with van der Waals surface area (Å²) in [5.74, 6) is -0.280. The molecule has 20 heavy (non-hydrogen) atoms. The van der Waals surface area contributed by atoms with Gasteiger partial charge >= 0.3 is 5.97 Å². The van der Waals surface area contributed by atoms with Gasteiger partial charge in [-0.1, -0.05) is 0 Å². The van der Waals surface area contributed by atoms with Crippen molar-refractivity contribution >= 4 is 21.9 Å². The molecule has 0 saturated heterocycles. The minimum Gasteiger partial charge on any atom is -0.465 e. The summed E-state index contributed by atoms with van der Waals surface area (Å²) in [4.78, 5) is 16.2. The third-order valence-corrected chi connectivity index (χ3v) is 4.45. The van der Waals surface area contributed by atoms with Crippen molar-refractivity contribution in [1.29, 1.82) is 0 Å². The first-order valence-corrected chi connectivity index (χ1v) is 7.43. The lowest BCUT2D eigenvalue weighted by atomic mass is 10.1. The van der Waals surface area contributed by atoms with Gasteiger partial charge in [0, 0.05) is 30.2 Å². The largest absolute Gasteiger partial charge is 0.465 e. The Kier molecular flexibility index (Phi) is 3.61. The molecule has 2 aromatic rings. The van der Waals surface area contributed by atoms with Crippen LogP contribution in [-0.2, 0) is 17.7 Å². The summed E-state index contributed by atoms with van der Waals surface area (Å²) in [6, 6.07) is 3.92. The third kappa shape index (κ3) is 2.06. The lowest BCUT2D eigenvalue weighted by Crippen LogP contribution is -2.14. The van der Waals surface area contributed by atoms with E-state index in [1.165, 1.54) is 7.11 Å². The molecular formula is C15H15BrN2O2. The number of hydrogen-bond acceptors (Lipinski definition) is 3. The van der Waals surface area contributed by atoms with Gasteiger partial charge in [0.2, 0.25) is 0 Å². The van der Waals surface area contributed by atoms with E-state index < -0.39 is 0 Å². The topological polar surface area (TPSA) is 44.1 Å². The fourth-order valence-corrected chi connectivity index (χ4v) is 3.63. The molecule has 2 aromatic heterocycles. The zero-order chi connectivity index (χ0) is 14.1. The van der Waals surface area contributed by atoms with Gasteiger partial charge in [0.1, 0.15) is 0 Å². The number of halogens is 1. The van der Waals surface area contributed by atoms with Gasteiger partial charge in [0.25, 0.3) is 0 Å². The first-order valence-electron chi connectivity index (χ1n) is 6.63. The highest BCUT2D eigenvalue weighted by Gasteiger charge is 2.28. The summed E-state index contributed by atoms with van der Waals surface area (Å²) < 4.78 is 7.97. The first kappa shape index (κ1) is 13.4. The number of pyridine rings is 1. The van der Waals surface area contributed by atoms with Crippen LogP contribution in [0.15, 0.2) is 29.0 Å². The van der Waals surface area contributed by atoms with Crippen LogP contribution in [0.1, 0.15) is 28.9 Å². The Bertz CT molecular complexity index is 650. The third-order valence-electron chi connectivity index (χ3n) is 3.68. The van der Waals surface area contributed by atoms with Crippen molar-refractivity contribution in [3.05, 3.63) is 40.3 Å². The Labute approximate surface area is 125 Å². The van der Waals surface area contributed by atoms with Gasteiger partial charge in [-0.3, -0.25) is 4.98 Å². The van der Waals surface area contributed by atoms with E-state index in [1.807, 2.05) is 18.3 Å². The number of nitrogens with zero attached hydrogens (tertiary/aromatic N) is 2. The molecule has 0 fully saturated rings. The van der Waals surface area contributed by atoms with Crippen molar-refractivity contribution in [2.24, 2.45) is 0 Å². The number of methoxy groups -OCH3 is 1. The summed E-state index contributed by atoms with van der Waals surface area (Å²) in [7, 11) is 1.42. The predicted octanol–water partition coefficient (Wildman–Crippen LogP) is 3.44. The Hall–Kier alpha value is -1.62. The second kappa shape index (κ2) is 5.40. The molecule has 5 heteroatoms. The average Bonchev–Trinajstić information content (AvgIpc) is 2.79. The van der Waals surface area contributed by atoms with Crippen molar-refractivity contribution < 1.29 is 9.53 Å². The van der Waals surface area contributed by atoms with Crippen LogP contribution in [0.3, 0.4) is 0 Å². The molecule has 0 amide bonds. The Morgan fingerprint density at radius 3 is 3.00 bits per heavy atom. The van der Waals surface area contributed by atoms with Gasteiger partial charge in [-0.25, -0.2) is 4.79 Å². The average molecular weight is 335 g/mol. The maximum atomic E-state index is 12.1. The fourth-order valence-electron chi connectivity index (χ4n) is 2.80. The highest BCUT2D eigenvalue weighted by Crippen LogP contribution is 2.38. The van der Waals surface area contributed by atoms with Crippen molar-refractivity contribution in [2.45, 2.75) is 25.8 Å². The molecule has 3 heterocycles. The minimum atomic E-state index is -0.280. The maximum Gasteiger partial charge on any atom is 0.340 e. The van der Waals surface area contributed by atoms with E-state index in [-0.39, 0.29) is 5.97 Å². The summed E-state index contributed by atoms with van der Waals surface area (Å²) >= 11 is 3.59. The van der Waals surface area contributed by atoms with Gasteiger partial charge < -0.3 is 9.30 Å². The van der Waals surface area contributed by atoms with Crippen LogP contribution >= 0.6 is 15.9 Å². The molecule has 0 radical (unpaired) electrons. The summed E-state index contributed by atoms with van der Waals surface area (Å²) in [5, 5.41) is 0. The SMILES string of the molecule is COC(=O)c1c(Br)c(-c2cccnc2)n2c1CCCC2. The maximum absolute atomic E-state index is 12.1. The second-order valence-electron chi connectivity index (χ2n) is 4.83. The molecule has 3 rings (SSSR count). The minimum absolute atomic E-state index is 0.280. The molecule has 0 N–H and O–H groups in total. The number of rotatable bonds is 2. The van der Waals surface area contributed by atoms with E-state index in [1.54, 1.807) is 6.20 Å². The Morgan fingerprint density at radius 2 is 2.30 bits per heavy atom. The van der Waals surface area contributed by atoms with Gasteiger partial charge in [0.05, 0.1) is 22.8 Å². The van der Waals surface area contributed by atoms with Crippen molar-refractivity contribution in [2.75, 3.05) is 7.11 Å². The summed E-state index contributed by atoms with van der Waals surface area (Å²) in [5.41, 5.74) is 3.76. The quantitative estimate of drug-likeness (QED) is 0.790. The Morgan fingerprint density at radius 1 is 1.45 bits per heavy atom. The number of ether oxygens (including phenoxy) is 1. The Balaban J connectivity index is 2.25. The van der Waals surface area contributed by atoms with E-state index in [2.05, 4.69) is 25.5 Å². The van der Waals surface area contributed by atoms with Gasteiger partial charge in [-0.15, -0.1) is 0 Å². The van der Waals surface area contributed by atoms with E-state index in [0.717, 1.165) is 47.2 Å². The van der Waals surface area contributed by atoms with E-state index in [9.17, 15) is 4.79 Å². The smallest absolute Gasteiger partial charge is 0.340 e. The molecule has 1 aliphatic rings. The number of esters is 1.